The molecule has 18 heavy (non-hydrogen) atoms. The van der Waals surface area contributed by atoms with Gasteiger partial charge in [-0.1, -0.05) is 84.5 Å². The van der Waals surface area contributed by atoms with E-state index >= 15 is 0 Å². The summed E-state index contributed by atoms with van der Waals surface area (Å²) < 4.78 is 0. The Kier molecular flexibility index (Phi) is 12.9. The fraction of sp³-hybridized carbons (Fsp3) is 0.444. The average molecular weight is 246 g/mol. The van der Waals surface area contributed by atoms with Crippen LogP contribution < -0.4 is 0 Å². The van der Waals surface area contributed by atoms with E-state index < -0.39 is 0 Å². The van der Waals surface area contributed by atoms with Crippen LogP contribution in [0.25, 0.3) is 6.08 Å². The molecule has 0 atom stereocenters. The molecule has 0 N–H and O–H groups in total. The summed E-state index contributed by atoms with van der Waals surface area (Å²) in [5, 5.41) is 0. The maximum absolute atomic E-state index is 3.69. The summed E-state index contributed by atoms with van der Waals surface area (Å²) in [5.74, 6) is 0.569. The quantitative estimate of drug-likeness (QED) is 0.543. The van der Waals surface area contributed by atoms with E-state index in [1.54, 1.807) is 0 Å². The van der Waals surface area contributed by atoms with E-state index in [2.05, 4.69) is 51.6 Å². The van der Waals surface area contributed by atoms with Gasteiger partial charge >= 0.3 is 0 Å². The van der Waals surface area contributed by atoms with Crippen molar-refractivity contribution in [1.82, 2.24) is 0 Å². The van der Waals surface area contributed by atoms with Crippen molar-refractivity contribution in [2.45, 2.75) is 54.4 Å². The highest BCUT2D eigenvalue weighted by Gasteiger charge is 2.05. The van der Waals surface area contributed by atoms with Crippen LogP contribution in [0, 0.1) is 6.92 Å². The third-order valence-corrected chi connectivity index (χ3v) is 2.38. The Morgan fingerprint density at radius 2 is 1.61 bits per heavy atom. The second-order valence-electron chi connectivity index (χ2n) is 3.83. The van der Waals surface area contributed by atoms with Crippen LogP contribution in [-0.4, -0.2) is 0 Å². The van der Waals surface area contributed by atoms with Crippen LogP contribution in [0.1, 0.15) is 64.2 Å². The molecule has 0 spiro atoms. The zero-order valence-corrected chi connectivity index (χ0v) is 13.2. The third kappa shape index (κ3) is 6.44. The molecule has 0 radical (unpaired) electrons. The highest BCUT2D eigenvalue weighted by Crippen LogP contribution is 2.23. The molecule has 1 aromatic carbocycles. The molecule has 0 heterocycles. The Bertz CT molecular complexity index is 343. The topological polar surface area (TPSA) is 0 Å². The first-order valence-electron chi connectivity index (χ1n) is 7.05. The molecule has 0 unspecified atom stereocenters. The van der Waals surface area contributed by atoms with Gasteiger partial charge in [0.1, 0.15) is 0 Å². The van der Waals surface area contributed by atoms with Crippen molar-refractivity contribution in [3.05, 3.63) is 53.6 Å². The van der Waals surface area contributed by atoms with Crippen molar-refractivity contribution in [3.8, 4) is 0 Å². The van der Waals surface area contributed by atoms with Gasteiger partial charge in [0.2, 0.25) is 0 Å². The first-order chi connectivity index (χ1) is 8.66. The fourth-order valence-corrected chi connectivity index (χ4v) is 1.60. The molecule has 0 aliphatic heterocycles. The molecule has 102 valence electrons. The van der Waals surface area contributed by atoms with Gasteiger partial charge < -0.3 is 0 Å². The second kappa shape index (κ2) is 12.2. The monoisotopic (exact) mass is 246 g/mol. The summed E-state index contributed by atoms with van der Waals surface area (Å²) in [7, 11) is 0. The van der Waals surface area contributed by atoms with E-state index in [9.17, 15) is 0 Å². The molecule has 0 heteroatoms. The van der Waals surface area contributed by atoms with Crippen molar-refractivity contribution in [1.29, 1.82) is 0 Å². The minimum absolute atomic E-state index is 0.569. The number of hydrogen-bond acceptors (Lipinski definition) is 0. The fourth-order valence-electron chi connectivity index (χ4n) is 1.60. The summed E-state index contributed by atoms with van der Waals surface area (Å²) in [6.07, 6.45) is 5.95. The molecule has 1 rings (SSSR count). The van der Waals surface area contributed by atoms with E-state index in [0.29, 0.717) is 5.92 Å². The van der Waals surface area contributed by atoms with Crippen LogP contribution in [0.4, 0.5) is 0 Å². The molecule has 1 aromatic rings. The molecule has 0 fully saturated rings. The smallest absolute Gasteiger partial charge is 0.0193 e. The standard InChI is InChI=1S/C14H18.2C2H6/c1-5-6-9-14-12(4)8-7-10-13(14)11(2)3;2*1-2/h5-11H,1H2,2-4H3;2*1-2H3/b9-6-;;. The Balaban J connectivity index is 0. The Morgan fingerprint density at radius 3 is 2.06 bits per heavy atom. The van der Waals surface area contributed by atoms with Crippen molar-refractivity contribution >= 4 is 6.08 Å². The van der Waals surface area contributed by atoms with Gasteiger partial charge in [0, 0.05) is 0 Å². The Labute approximate surface area is 114 Å². The van der Waals surface area contributed by atoms with Gasteiger partial charge in [0.05, 0.1) is 0 Å². The first-order valence-corrected chi connectivity index (χ1v) is 7.05. The van der Waals surface area contributed by atoms with Crippen LogP contribution in [0.15, 0.2) is 36.9 Å². The highest BCUT2D eigenvalue weighted by molar-refractivity contribution is 5.59. The predicted molar refractivity (Wildman–Crippen MR) is 87.2 cm³/mol. The van der Waals surface area contributed by atoms with Gasteiger partial charge in [-0.2, -0.15) is 0 Å². The van der Waals surface area contributed by atoms with Crippen molar-refractivity contribution < 1.29 is 0 Å². The SMILES string of the molecule is C=C/C=C\c1c(C)cccc1C(C)C.CC.CC. The van der Waals surface area contributed by atoms with Crippen molar-refractivity contribution in [2.75, 3.05) is 0 Å². The van der Waals surface area contributed by atoms with Crippen LogP contribution in [-0.2, 0) is 0 Å². The minimum atomic E-state index is 0.569. The number of aryl methyl sites for hydroxylation is 1. The largest absolute Gasteiger partial charge is 0.0991 e. The van der Waals surface area contributed by atoms with E-state index in [1.807, 2.05) is 39.8 Å². The second-order valence-corrected chi connectivity index (χ2v) is 3.83. The van der Waals surface area contributed by atoms with E-state index in [1.165, 1.54) is 16.7 Å². The van der Waals surface area contributed by atoms with Gasteiger partial charge in [-0.3, -0.25) is 0 Å². The van der Waals surface area contributed by atoms with E-state index in [0.717, 1.165) is 0 Å². The Morgan fingerprint density at radius 1 is 1.06 bits per heavy atom. The molecule has 0 bridgehead atoms. The van der Waals surface area contributed by atoms with E-state index in [-0.39, 0.29) is 0 Å². The van der Waals surface area contributed by atoms with Gasteiger partial charge in [0.15, 0.2) is 0 Å². The maximum Gasteiger partial charge on any atom is -0.0193 e. The zero-order chi connectivity index (χ0) is 14.6. The van der Waals surface area contributed by atoms with Gasteiger partial charge in [-0.25, -0.2) is 0 Å². The summed E-state index contributed by atoms with van der Waals surface area (Å²) in [4.78, 5) is 0. The molecular weight excluding hydrogens is 216 g/mol. The molecule has 0 saturated carbocycles. The number of benzene rings is 1. The van der Waals surface area contributed by atoms with Crippen LogP contribution in [0.3, 0.4) is 0 Å². The van der Waals surface area contributed by atoms with Gasteiger partial charge in [-0.05, 0) is 29.5 Å². The van der Waals surface area contributed by atoms with Crippen molar-refractivity contribution in [2.24, 2.45) is 0 Å². The number of allylic oxidation sites excluding steroid dienone is 2. The molecule has 0 amide bonds. The molecule has 0 aliphatic rings. The molecule has 0 aromatic heterocycles. The molecular formula is C18H30. The average Bonchev–Trinajstić information content (AvgIpc) is 2.41. The molecule has 0 saturated heterocycles. The first kappa shape index (κ1) is 19.0. The number of rotatable bonds is 3. The minimum Gasteiger partial charge on any atom is -0.0991 e. The summed E-state index contributed by atoms with van der Waals surface area (Å²) in [6, 6.07) is 6.46. The van der Waals surface area contributed by atoms with Crippen LogP contribution in [0.2, 0.25) is 0 Å². The van der Waals surface area contributed by atoms with E-state index in [4.69, 9.17) is 0 Å². The molecule has 0 nitrogen and oxygen atoms in total. The lowest BCUT2D eigenvalue weighted by Crippen LogP contribution is -1.93. The normalized spacial score (nSPS) is 9.33. The van der Waals surface area contributed by atoms with Gasteiger partial charge in [-0.15, -0.1) is 0 Å². The lowest BCUT2D eigenvalue weighted by molar-refractivity contribution is 0.862. The number of hydrogen-bond donors (Lipinski definition) is 0. The van der Waals surface area contributed by atoms with Crippen molar-refractivity contribution in [3.63, 3.8) is 0 Å². The molecule has 0 aliphatic carbocycles. The Hall–Kier alpha value is -1.30. The van der Waals surface area contributed by atoms with Crippen LogP contribution in [0.5, 0.6) is 0 Å². The highest BCUT2D eigenvalue weighted by atomic mass is 14.1. The summed E-state index contributed by atoms with van der Waals surface area (Å²) >= 11 is 0. The summed E-state index contributed by atoms with van der Waals surface area (Å²) in [5.41, 5.74) is 4.07. The zero-order valence-electron chi connectivity index (χ0n) is 13.2. The third-order valence-electron chi connectivity index (χ3n) is 2.38. The lowest BCUT2D eigenvalue weighted by Gasteiger charge is -2.11. The summed E-state index contributed by atoms with van der Waals surface area (Å²) in [6.45, 7) is 18.3. The van der Waals surface area contributed by atoms with Crippen LogP contribution >= 0.6 is 0 Å². The maximum atomic E-state index is 3.69. The lowest BCUT2D eigenvalue weighted by atomic mass is 9.93. The van der Waals surface area contributed by atoms with Gasteiger partial charge in [0.25, 0.3) is 0 Å². The predicted octanol–water partition coefficient (Wildman–Crippen LogP) is 6.37.